The molecule has 0 radical (unpaired) electrons. The number of rotatable bonds is 6. The molecule has 1 aromatic carbocycles. The van der Waals surface area contributed by atoms with Crippen molar-refractivity contribution < 1.29 is 19.4 Å². The lowest BCUT2D eigenvalue weighted by atomic mass is 10.0. The Bertz CT molecular complexity index is 762. The molecule has 0 fully saturated rings. The van der Waals surface area contributed by atoms with Gasteiger partial charge in [0.1, 0.15) is 11.4 Å². The van der Waals surface area contributed by atoms with Gasteiger partial charge in [0, 0.05) is 7.05 Å². The van der Waals surface area contributed by atoms with Crippen LogP contribution in [0.2, 0.25) is 0 Å². The van der Waals surface area contributed by atoms with Crippen molar-refractivity contribution in [3.8, 4) is 5.75 Å². The SMILES string of the molecule is CC(C)Oc1ccc(C(=O)O)cc1C(=O)/C=C/c1cn(C)nn1. The van der Waals surface area contributed by atoms with Crippen LogP contribution in [-0.2, 0) is 7.05 Å². The molecule has 0 aliphatic carbocycles. The number of aromatic carboxylic acids is 1. The number of nitrogens with zero attached hydrogens (tertiary/aromatic N) is 3. The summed E-state index contributed by atoms with van der Waals surface area (Å²) in [5.74, 6) is -1.12. The summed E-state index contributed by atoms with van der Waals surface area (Å²) in [7, 11) is 1.72. The molecule has 0 aliphatic heterocycles. The summed E-state index contributed by atoms with van der Waals surface area (Å²) in [4.78, 5) is 23.5. The summed E-state index contributed by atoms with van der Waals surface area (Å²) >= 11 is 0. The second kappa shape index (κ2) is 6.87. The van der Waals surface area contributed by atoms with Crippen LogP contribution in [0.3, 0.4) is 0 Å². The number of carboxylic acid groups (broad SMARTS) is 1. The van der Waals surface area contributed by atoms with Gasteiger partial charge in [-0.3, -0.25) is 9.48 Å². The molecule has 0 atom stereocenters. The van der Waals surface area contributed by atoms with Crippen LogP contribution in [0.5, 0.6) is 5.75 Å². The summed E-state index contributed by atoms with van der Waals surface area (Å²) in [6.45, 7) is 3.66. The van der Waals surface area contributed by atoms with Gasteiger partial charge in [-0.15, -0.1) is 5.10 Å². The molecule has 0 unspecified atom stereocenters. The van der Waals surface area contributed by atoms with Crippen molar-refractivity contribution >= 4 is 17.8 Å². The van der Waals surface area contributed by atoms with Gasteiger partial charge in [0.15, 0.2) is 5.78 Å². The van der Waals surface area contributed by atoms with Crippen LogP contribution in [-0.4, -0.2) is 38.0 Å². The third-order valence-corrected chi connectivity index (χ3v) is 2.88. The van der Waals surface area contributed by atoms with E-state index in [2.05, 4.69) is 10.3 Å². The van der Waals surface area contributed by atoms with Crippen molar-refractivity contribution in [3.63, 3.8) is 0 Å². The molecular weight excluding hydrogens is 298 g/mol. The number of ether oxygens (including phenoxy) is 1. The maximum Gasteiger partial charge on any atom is 0.335 e. The Hall–Kier alpha value is -2.96. The molecule has 7 heteroatoms. The molecule has 0 spiro atoms. The predicted molar refractivity (Wildman–Crippen MR) is 83.5 cm³/mol. The van der Waals surface area contributed by atoms with Gasteiger partial charge in [-0.25, -0.2) is 4.79 Å². The topological polar surface area (TPSA) is 94.3 Å². The number of aryl methyl sites for hydroxylation is 1. The molecule has 2 aromatic rings. The number of aromatic nitrogens is 3. The highest BCUT2D eigenvalue weighted by atomic mass is 16.5. The number of ketones is 1. The van der Waals surface area contributed by atoms with Crippen LogP contribution in [0.15, 0.2) is 30.5 Å². The third kappa shape index (κ3) is 4.26. The van der Waals surface area contributed by atoms with E-state index in [0.29, 0.717) is 11.4 Å². The smallest absolute Gasteiger partial charge is 0.335 e. The van der Waals surface area contributed by atoms with Crippen molar-refractivity contribution in [2.75, 3.05) is 0 Å². The molecule has 2 rings (SSSR count). The van der Waals surface area contributed by atoms with Crippen LogP contribution in [0.4, 0.5) is 0 Å². The molecule has 120 valence electrons. The van der Waals surface area contributed by atoms with Crippen molar-refractivity contribution in [2.24, 2.45) is 7.05 Å². The maximum atomic E-state index is 12.4. The van der Waals surface area contributed by atoms with Gasteiger partial charge in [0.05, 0.1) is 23.4 Å². The van der Waals surface area contributed by atoms with E-state index in [1.54, 1.807) is 13.2 Å². The first-order valence-corrected chi connectivity index (χ1v) is 6.99. The molecular formula is C16H17N3O4. The summed E-state index contributed by atoms with van der Waals surface area (Å²) in [5.41, 5.74) is 0.748. The monoisotopic (exact) mass is 315 g/mol. The Kier molecular flexibility index (Phi) is 4.90. The van der Waals surface area contributed by atoms with Crippen molar-refractivity contribution in [1.29, 1.82) is 0 Å². The second-order valence-electron chi connectivity index (χ2n) is 5.20. The van der Waals surface area contributed by atoms with Crippen LogP contribution in [0, 0.1) is 0 Å². The Morgan fingerprint density at radius 2 is 2.09 bits per heavy atom. The lowest BCUT2D eigenvalue weighted by Crippen LogP contribution is -2.10. The second-order valence-corrected chi connectivity index (χ2v) is 5.20. The summed E-state index contributed by atoms with van der Waals surface area (Å²) < 4.78 is 7.09. The quantitative estimate of drug-likeness (QED) is 0.648. The zero-order valence-corrected chi connectivity index (χ0v) is 13.1. The van der Waals surface area contributed by atoms with Crippen molar-refractivity contribution in [3.05, 3.63) is 47.3 Å². The zero-order valence-electron chi connectivity index (χ0n) is 13.1. The number of hydrogen-bond acceptors (Lipinski definition) is 5. The first-order valence-electron chi connectivity index (χ1n) is 6.99. The highest BCUT2D eigenvalue weighted by molar-refractivity contribution is 6.09. The average Bonchev–Trinajstić information content (AvgIpc) is 2.90. The maximum absolute atomic E-state index is 12.4. The van der Waals surface area contributed by atoms with Crippen LogP contribution in [0.25, 0.3) is 6.08 Å². The highest BCUT2D eigenvalue weighted by Crippen LogP contribution is 2.23. The van der Waals surface area contributed by atoms with E-state index < -0.39 is 5.97 Å². The molecule has 23 heavy (non-hydrogen) atoms. The Labute approximate surface area is 133 Å². The van der Waals surface area contributed by atoms with E-state index in [9.17, 15) is 9.59 Å². The summed E-state index contributed by atoms with van der Waals surface area (Å²) in [5, 5.41) is 16.7. The molecule has 0 saturated carbocycles. The van der Waals surface area contributed by atoms with E-state index in [1.807, 2.05) is 13.8 Å². The molecule has 0 aliphatic rings. The fraction of sp³-hybridized carbons (Fsp3) is 0.250. The lowest BCUT2D eigenvalue weighted by molar-refractivity contribution is 0.0697. The average molecular weight is 315 g/mol. The van der Waals surface area contributed by atoms with Gasteiger partial charge in [0.25, 0.3) is 0 Å². The molecule has 0 amide bonds. The molecule has 7 nitrogen and oxygen atoms in total. The Morgan fingerprint density at radius 1 is 1.35 bits per heavy atom. The highest BCUT2D eigenvalue weighted by Gasteiger charge is 2.15. The van der Waals surface area contributed by atoms with Crippen LogP contribution >= 0.6 is 0 Å². The fourth-order valence-electron chi connectivity index (χ4n) is 1.90. The Balaban J connectivity index is 2.33. The largest absolute Gasteiger partial charge is 0.490 e. The number of hydrogen-bond donors (Lipinski definition) is 1. The Morgan fingerprint density at radius 3 is 2.65 bits per heavy atom. The molecule has 0 saturated heterocycles. The van der Waals surface area contributed by atoms with E-state index >= 15 is 0 Å². The molecule has 0 bridgehead atoms. The zero-order chi connectivity index (χ0) is 17.0. The normalized spacial score (nSPS) is 11.1. The molecule has 1 N–H and O–H groups in total. The van der Waals surface area contributed by atoms with Gasteiger partial charge >= 0.3 is 5.97 Å². The molecule has 1 aromatic heterocycles. The first kappa shape index (κ1) is 16.4. The first-order chi connectivity index (χ1) is 10.9. The summed E-state index contributed by atoms with van der Waals surface area (Å²) in [6, 6.07) is 4.21. The van der Waals surface area contributed by atoms with Gasteiger partial charge in [-0.05, 0) is 44.2 Å². The number of carbonyl (C=O) groups is 2. The van der Waals surface area contributed by atoms with E-state index in [0.717, 1.165) is 0 Å². The van der Waals surface area contributed by atoms with E-state index in [1.165, 1.54) is 35.0 Å². The van der Waals surface area contributed by atoms with Crippen molar-refractivity contribution in [2.45, 2.75) is 20.0 Å². The van der Waals surface area contributed by atoms with Gasteiger partial charge < -0.3 is 9.84 Å². The molecule has 1 heterocycles. The van der Waals surface area contributed by atoms with Gasteiger partial charge in [-0.2, -0.15) is 0 Å². The minimum atomic E-state index is -1.10. The van der Waals surface area contributed by atoms with Gasteiger partial charge in [-0.1, -0.05) is 5.21 Å². The number of carbonyl (C=O) groups excluding carboxylic acids is 1. The van der Waals surface area contributed by atoms with Crippen LogP contribution in [0.1, 0.15) is 40.3 Å². The van der Waals surface area contributed by atoms with E-state index in [4.69, 9.17) is 9.84 Å². The van der Waals surface area contributed by atoms with Gasteiger partial charge in [0.2, 0.25) is 0 Å². The predicted octanol–water partition coefficient (Wildman–Crippen LogP) is 2.20. The summed E-state index contributed by atoms with van der Waals surface area (Å²) in [6.07, 6.45) is 4.35. The van der Waals surface area contributed by atoms with E-state index in [-0.39, 0.29) is 23.0 Å². The number of benzene rings is 1. The minimum Gasteiger partial charge on any atom is -0.490 e. The number of allylic oxidation sites excluding steroid dienone is 1. The standard InChI is InChI=1S/C16H17N3O4/c1-10(2)23-15-7-4-11(16(21)22)8-13(15)14(20)6-5-12-9-19(3)18-17-12/h4-10H,1-3H3,(H,21,22)/b6-5+. The number of carboxylic acids is 1. The van der Waals surface area contributed by atoms with Crippen LogP contribution < -0.4 is 4.74 Å². The van der Waals surface area contributed by atoms with Crippen molar-refractivity contribution in [1.82, 2.24) is 15.0 Å². The lowest BCUT2D eigenvalue weighted by Gasteiger charge is -2.13. The third-order valence-electron chi connectivity index (χ3n) is 2.88. The minimum absolute atomic E-state index is 0.0253. The fourth-order valence-corrected chi connectivity index (χ4v) is 1.90.